The number of nitrogens with zero attached hydrogens (tertiary/aromatic N) is 3. The third-order valence-electron chi connectivity index (χ3n) is 4.37. The van der Waals surface area contributed by atoms with Crippen molar-refractivity contribution in [2.75, 3.05) is 18.6 Å². The Kier molecular flexibility index (Phi) is 8.23. The quantitative estimate of drug-likeness (QED) is 0.342. The molecular formula is C18H26IN5O3S. The molecule has 3 rings (SSSR count). The van der Waals surface area contributed by atoms with E-state index in [9.17, 15) is 8.42 Å². The molecule has 2 aromatic rings. The van der Waals surface area contributed by atoms with Crippen LogP contribution in [0.1, 0.15) is 31.2 Å². The van der Waals surface area contributed by atoms with Gasteiger partial charge in [-0.05, 0) is 30.5 Å². The number of nitrogens with one attached hydrogen (secondary N) is 2. The van der Waals surface area contributed by atoms with E-state index in [-0.39, 0.29) is 41.5 Å². The van der Waals surface area contributed by atoms with Crippen molar-refractivity contribution in [2.45, 2.75) is 38.8 Å². The van der Waals surface area contributed by atoms with Gasteiger partial charge in [0.1, 0.15) is 0 Å². The number of sulfone groups is 1. The van der Waals surface area contributed by atoms with Crippen LogP contribution in [0.2, 0.25) is 0 Å². The number of aliphatic imine (C=N–C) groups is 1. The van der Waals surface area contributed by atoms with Crippen molar-refractivity contribution in [2.24, 2.45) is 4.99 Å². The van der Waals surface area contributed by atoms with Crippen molar-refractivity contribution in [1.29, 1.82) is 0 Å². The van der Waals surface area contributed by atoms with Crippen LogP contribution < -0.4 is 10.6 Å². The van der Waals surface area contributed by atoms with Gasteiger partial charge in [0.05, 0.1) is 11.5 Å². The van der Waals surface area contributed by atoms with Gasteiger partial charge in [-0.3, -0.25) is 4.99 Å². The minimum absolute atomic E-state index is 0. The lowest BCUT2D eigenvalue weighted by Gasteiger charge is -2.16. The maximum absolute atomic E-state index is 11.6. The standard InChI is InChI=1S/C18H25N5O3S.HI/c1-3-5-16-22-17(26-23-16)14-7-4-6-13(10-14)11-20-18(19-2)21-15-8-9-27(24,25)12-15;/h4,6-7,10,15H,3,5,8-9,11-12H2,1-2H3,(H2,19,20,21);1H. The molecule has 1 unspecified atom stereocenters. The Morgan fingerprint density at radius 3 is 2.89 bits per heavy atom. The van der Waals surface area contributed by atoms with Gasteiger partial charge in [-0.1, -0.05) is 24.2 Å². The zero-order valence-electron chi connectivity index (χ0n) is 16.0. The summed E-state index contributed by atoms with van der Waals surface area (Å²) in [4.78, 5) is 8.59. The first-order valence-electron chi connectivity index (χ1n) is 9.08. The van der Waals surface area contributed by atoms with E-state index in [4.69, 9.17) is 4.52 Å². The number of benzene rings is 1. The molecule has 2 N–H and O–H groups in total. The Morgan fingerprint density at radius 1 is 1.39 bits per heavy atom. The number of halogens is 1. The molecule has 2 heterocycles. The summed E-state index contributed by atoms with van der Waals surface area (Å²) < 4.78 is 28.5. The normalized spacial score (nSPS) is 18.5. The maximum atomic E-state index is 11.6. The van der Waals surface area contributed by atoms with E-state index in [1.807, 2.05) is 24.3 Å². The summed E-state index contributed by atoms with van der Waals surface area (Å²) in [5.74, 6) is 2.20. The average molecular weight is 519 g/mol. The second-order valence-electron chi connectivity index (χ2n) is 6.64. The zero-order chi connectivity index (χ0) is 19.3. The summed E-state index contributed by atoms with van der Waals surface area (Å²) in [6.07, 6.45) is 2.37. The van der Waals surface area contributed by atoms with Gasteiger partial charge < -0.3 is 15.2 Å². The average Bonchev–Trinajstić information content (AvgIpc) is 3.25. The van der Waals surface area contributed by atoms with Gasteiger partial charge in [-0.25, -0.2) is 8.42 Å². The summed E-state index contributed by atoms with van der Waals surface area (Å²) >= 11 is 0. The van der Waals surface area contributed by atoms with Crippen LogP contribution in [0.25, 0.3) is 11.5 Å². The third-order valence-corrected chi connectivity index (χ3v) is 6.14. The van der Waals surface area contributed by atoms with E-state index in [0.717, 1.165) is 24.0 Å². The van der Waals surface area contributed by atoms with E-state index >= 15 is 0 Å². The van der Waals surface area contributed by atoms with Gasteiger partial charge >= 0.3 is 0 Å². The highest BCUT2D eigenvalue weighted by atomic mass is 127. The number of aromatic nitrogens is 2. The molecule has 0 saturated carbocycles. The second kappa shape index (κ2) is 10.2. The fraction of sp³-hybridized carbons (Fsp3) is 0.500. The Hall–Kier alpha value is -1.69. The highest BCUT2D eigenvalue weighted by Crippen LogP contribution is 2.19. The third kappa shape index (κ3) is 6.16. The fourth-order valence-electron chi connectivity index (χ4n) is 2.99. The molecule has 0 radical (unpaired) electrons. The molecule has 0 aliphatic carbocycles. The molecule has 0 amide bonds. The molecule has 154 valence electrons. The van der Waals surface area contributed by atoms with E-state index in [0.29, 0.717) is 30.6 Å². The molecule has 1 saturated heterocycles. The molecule has 1 fully saturated rings. The molecule has 10 heteroatoms. The van der Waals surface area contributed by atoms with E-state index < -0.39 is 9.84 Å². The number of rotatable bonds is 6. The largest absolute Gasteiger partial charge is 0.353 e. The first-order valence-corrected chi connectivity index (χ1v) is 10.9. The van der Waals surface area contributed by atoms with Crippen LogP contribution in [0.15, 0.2) is 33.8 Å². The molecule has 1 aromatic heterocycles. The molecule has 1 aromatic carbocycles. The molecule has 0 bridgehead atoms. The number of aryl methyl sites for hydroxylation is 1. The van der Waals surface area contributed by atoms with Crippen LogP contribution in [-0.4, -0.2) is 49.1 Å². The molecule has 1 aliphatic heterocycles. The Balaban J connectivity index is 0.00000280. The summed E-state index contributed by atoms with van der Waals surface area (Å²) in [5.41, 5.74) is 1.90. The van der Waals surface area contributed by atoms with Crippen molar-refractivity contribution in [3.05, 3.63) is 35.7 Å². The minimum atomic E-state index is -2.92. The highest BCUT2D eigenvalue weighted by molar-refractivity contribution is 14.0. The van der Waals surface area contributed by atoms with Gasteiger partial charge in [-0.2, -0.15) is 4.98 Å². The maximum Gasteiger partial charge on any atom is 0.257 e. The SMILES string of the molecule is CCCc1noc(-c2cccc(CNC(=NC)NC3CCS(=O)(=O)C3)c2)n1.I. The van der Waals surface area contributed by atoms with Crippen molar-refractivity contribution < 1.29 is 12.9 Å². The lowest BCUT2D eigenvalue weighted by molar-refractivity contribution is 0.422. The summed E-state index contributed by atoms with van der Waals surface area (Å²) in [5, 5.41) is 10.4. The lowest BCUT2D eigenvalue weighted by Crippen LogP contribution is -2.43. The van der Waals surface area contributed by atoms with Crippen molar-refractivity contribution in [3.63, 3.8) is 0 Å². The summed E-state index contributed by atoms with van der Waals surface area (Å²) in [7, 11) is -1.25. The second-order valence-corrected chi connectivity index (χ2v) is 8.86. The molecule has 8 nitrogen and oxygen atoms in total. The van der Waals surface area contributed by atoms with Gasteiger partial charge in [-0.15, -0.1) is 24.0 Å². The van der Waals surface area contributed by atoms with Crippen LogP contribution in [0.4, 0.5) is 0 Å². The van der Waals surface area contributed by atoms with E-state index in [1.165, 1.54) is 0 Å². The predicted octanol–water partition coefficient (Wildman–Crippen LogP) is 2.16. The van der Waals surface area contributed by atoms with E-state index in [2.05, 4.69) is 32.7 Å². The van der Waals surface area contributed by atoms with Crippen molar-refractivity contribution in [3.8, 4) is 11.5 Å². The van der Waals surface area contributed by atoms with Crippen LogP contribution in [0.3, 0.4) is 0 Å². The first-order chi connectivity index (χ1) is 13.0. The van der Waals surface area contributed by atoms with Crippen LogP contribution in [0.5, 0.6) is 0 Å². The Bertz CT molecular complexity index is 913. The van der Waals surface area contributed by atoms with Gasteiger partial charge in [0.25, 0.3) is 5.89 Å². The number of hydrogen-bond donors (Lipinski definition) is 2. The van der Waals surface area contributed by atoms with Crippen LogP contribution in [-0.2, 0) is 22.8 Å². The Labute approximate surface area is 182 Å². The minimum Gasteiger partial charge on any atom is -0.353 e. The fourth-order valence-corrected chi connectivity index (χ4v) is 4.67. The molecule has 1 atom stereocenters. The van der Waals surface area contributed by atoms with Crippen LogP contribution >= 0.6 is 24.0 Å². The topological polar surface area (TPSA) is 109 Å². The molecular weight excluding hydrogens is 493 g/mol. The molecule has 1 aliphatic rings. The summed E-state index contributed by atoms with van der Waals surface area (Å²) in [6, 6.07) is 7.76. The first kappa shape index (κ1) is 22.6. The van der Waals surface area contributed by atoms with Gasteiger partial charge in [0.15, 0.2) is 21.6 Å². The van der Waals surface area contributed by atoms with E-state index in [1.54, 1.807) is 7.05 Å². The zero-order valence-corrected chi connectivity index (χ0v) is 19.2. The molecule has 28 heavy (non-hydrogen) atoms. The monoisotopic (exact) mass is 519 g/mol. The lowest BCUT2D eigenvalue weighted by atomic mass is 10.1. The van der Waals surface area contributed by atoms with Crippen molar-refractivity contribution >= 4 is 39.8 Å². The molecule has 0 spiro atoms. The van der Waals surface area contributed by atoms with Gasteiger partial charge in [0, 0.05) is 31.6 Å². The van der Waals surface area contributed by atoms with Gasteiger partial charge in [0.2, 0.25) is 0 Å². The number of hydrogen-bond acceptors (Lipinski definition) is 6. The van der Waals surface area contributed by atoms with Crippen molar-refractivity contribution in [1.82, 2.24) is 20.8 Å². The summed E-state index contributed by atoms with van der Waals surface area (Å²) in [6.45, 7) is 2.62. The predicted molar refractivity (Wildman–Crippen MR) is 120 cm³/mol. The smallest absolute Gasteiger partial charge is 0.257 e. The van der Waals surface area contributed by atoms with Crippen LogP contribution in [0, 0.1) is 0 Å². The number of guanidine groups is 1. The Morgan fingerprint density at radius 2 is 2.21 bits per heavy atom. The highest BCUT2D eigenvalue weighted by Gasteiger charge is 2.28.